The highest BCUT2D eigenvalue weighted by molar-refractivity contribution is 5.94. The maximum absolute atomic E-state index is 11.7. The van der Waals surface area contributed by atoms with E-state index in [0.29, 0.717) is 11.4 Å². The second kappa shape index (κ2) is 6.80. The number of carbonyl (C=O) groups is 2. The Morgan fingerprint density at radius 1 is 1.14 bits per heavy atom. The van der Waals surface area contributed by atoms with Gasteiger partial charge in [-0.15, -0.1) is 0 Å². The van der Waals surface area contributed by atoms with Crippen LogP contribution in [0, 0.1) is 6.92 Å². The Kier molecular flexibility index (Phi) is 4.83. The molecule has 6 nitrogen and oxygen atoms in total. The highest BCUT2D eigenvalue weighted by Crippen LogP contribution is 2.15. The molecule has 0 fully saturated rings. The number of ether oxygens (including phenoxy) is 1. The summed E-state index contributed by atoms with van der Waals surface area (Å²) in [6.07, 6.45) is 0. The van der Waals surface area contributed by atoms with Crippen LogP contribution in [0.3, 0.4) is 0 Å². The van der Waals surface area contributed by atoms with Crippen LogP contribution in [0.15, 0.2) is 40.8 Å². The van der Waals surface area contributed by atoms with E-state index in [0.717, 1.165) is 5.69 Å². The third-order valence-electron chi connectivity index (χ3n) is 2.94. The molecule has 0 saturated carbocycles. The zero-order chi connectivity index (χ0) is 16.1. The first-order valence-electron chi connectivity index (χ1n) is 6.76. The summed E-state index contributed by atoms with van der Waals surface area (Å²) in [6, 6.07) is 10.5. The Bertz CT molecular complexity index is 659. The lowest BCUT2D eigenvalue weighted by atomic mass is 10.2. The standard InChI is InChI=1S/C16H18N2O4/c1-11-4-9-14(22-11)16(20)21-10-15(19)17-12-5-7-13(8-6-12)18(2)3/h4-9H,10H2,1-3H3,(H,17,19). The van der Waals surface area contributed by atoms with Crippen LogP contribution in [0.4, 0.5) is 11.4 Å². The number of nitrogens with one attached hydrogen (secondary N) is 1. The van der Waals surface area contributed by atoms with Gasteiger partial charge in [0.1, 0.15) is 5.76 Å². The third-order valence-corrected chi connectivity index (χ3v) is 2.94. The molecular formula is C16H18N2O4. The van der Waals surface area contributed by atoms with E-state index in [4.69, 9.17) is 9.15 Å². The molecule has 2 aromatic rings. The number of furan rings is 1. The van der Waals surface area contributed by atoms with Gasteiger partial charge in [-0.2, -0.15) is 0 Å². The van der Waals surface area contributed by atoms with E-state index in [9.17, 15) is 9.59 Å². The van der Waals surface area contributed by atoms with Crippen LogP contribution in [-0.4, -0.2) is 32.6 Å². The first kappa shape index (κ1) is 15.6. The normalized spacial score (nSPS) is 10.1. The first-order valence-corrected chi connectivity index (χ1v) is 6.76. The fraction of sp³-hybridized carbons (Fsp3) is 0.250. The lowest BCUT2D eigenvalue weighted by Crippen LogP contribution is -2.20. The minimum absolute atomic E-state index is 0.0839. The Hall–Kier alpha value is -2.76. The van der Waals surface area contributed by atoms with Gasteiger partial charge < -0.3 is 19.4 Å². The Morgan fingerprint density at radius 3 is 2.36 bits per heavy atom. The highest BCUT2D eigenvalue weighted by Gasteiger charge is 2.13. The molecular weight excluding hydrogens is 284 g/mol. The molecule has 2 rings (SSSR count). The van der Waals surface area contributed by atoms with Crippen LogP contribution in [0.2, 0.25) is 0 Å². The van der Waals surface area contributed by atoms with Gasteiger partial charge in [0.25, 0.3) is 5.91 Å². The van der Waals surface area contributed by atoms with Gasteiger partial charge in [0.15, 0.2) is 6.61 Å². The molecule has 116 valence electrons. The largest absolute Gasteiger partial charge is 0.454 e. The van der Waals surface area contributed by atoms with Crippen LogP contribution in [0.5, 0.6) is 0 Å². The molecule has 0 atom stereocenters. The van der Waals surface area contributed by atoms with Gasteiger partial charge in [-0.05, 0) is 43.3 Å². The summed E-state index contributed by atoms with van der Waals surface area (Å²) in [5.74, 6) is -0.376. The monoisotopic (exact) mass is 302 g/mol. The second-order valence-electron chi connectivity index (χ2n) is 4.98. The van der Waals surface area contributed by atoms with E-state index in [1.807, 2.05) is 31.1 Å². The van der Waals surface area contributed by atoms with Crippen molar-refractivity contribution in [2.45, 2.75) is 6.92 Å². The fourth-order valence-corrected chi connectivity index (χ4v) is 1.79. The zero-order valence-corrected chi connectivity index (χ0v) is 12.8. The molecule has 0 saturated heterocycles. The number of esters is 1. The van der Waals surface area contributed by atoms with Crippen molar-refractivity contribution < 1.29 is 18.7 Å². The van der Waals surface area contributed by atoms with E-state index in [2.05, 4.69) is 5.32 Å². The Morgan fingerprint density at radius 2 is 1.82 bits per heavy atom. The van der Waals surface area contributed by atoms with Crippen LogP contribution in [-0.2, 0) is 9.53 Å². The number of hydrogen-bond acceptors (Lipinski definition) is 5. The van der Waals surface area contributed by atoms with Crippen molar-refractivity contribution in [2.24, 2.45) is 0 Å². The summed E-state index contributed by atoms with van der Waals surface area (Å²) < 4.78 is 10.0. The van der Waals surface area contributed by atoms with E-state index in [1.165, 1.54) is 6.07 Å². The number of amides is 1. The number of nitrogens with zero attached hydrogens (tertiary/aromatic N) is 1. The molecule has 1 aromatic heterocycles. The molecule has 0 unspecified atom stereocenters. The number of aryl methyl sites for hydroxylation is 1. The number of anilines is 2. The minimum Gasteiger partial charge on any atom is -0.454 e. The topological polar surface area (TPSA) is 71.8 Å². The number of hydrogen-bond donors (Lipinski definition) is 1. The van der Waals surface area contributed by atoms with Gasteiger partial charge in [0.2, 0.25) is 5.76 Å². The predicted octanol–water partition coefficient (Wildman–Crippen LogP) is 2.45. The molecule has 0 radical (unpaired) electrons. The fourth-order valence-electron chi connectivity index (χ4n) is 1.79. The van der Waals surface area contributed by atoms with Gasteiger partial charge in [-0.25, -0.2) is 4.79 Å². The molecule has 0 spiro atoms. The molecule has 1 aromatic carbocycles. The van der Waals surface area contributed by atoms with Gasteiger partial charge in [-0.1, -0.05) is 0 Å². The minimum atomic E-state index is -0.661. The van der Waals surface area contributed by atoms with Crippen LogP contribution >= 0.6 is 0 Å². The molecule has 0 aliphatic carbocycles. The van der Waals surface area contributed by atoms with Crippen molar-refractivity contribution in [3.8, 4) is 0 Å². The molecule has 0 aliphatic rings. The maximum atomic E-state index is 11.7. The van der Waals surface area contributed by atoms with Crippen molar-refractivity contribution in [1.82, 2.24) is 0 Å². The van der Waals surface area contributed by atoms with Crippen molar-refractivity contribution in [3.05, 3.63) is 47.9 Å². The second-order valence-corrected chi connectivity index (χ2v) is 4.98. The van der Waals surface area contributed by atoms with Gasteiger partial charge in [0, 0.05) is 25.5 Å². The lowest BCUT2D eigenvalue weighted by molar-refractivity contribution is -0.119. The first-order chi connectivity index (χ1) is 10.5. The lowest BCUT2D eigenvalue weighted by Gasteiger charge is -2.13. The van der Waals surface area contributed by atoms with E-state index in [-0.39, 0.29) is 12.4 Å². The van der Waals surface area contributed by atoms with Gasteiger partial charge >= 0.3 is 5.97 Å². The summed E-state index contributed by atoms with van der Waals surface area (Å²) in [6.45, 7) is 1.36. The SMILES string of the molecule is Cc1ccc(C(=O)OCC(=O)Nc2ccc(N(C)C)cc2)o1. The van der Waals surface area contributed by atoms with Crippen molar-refractivity contribution >= 4 is 23.3 Å². The van der Waals surface area contributed by atoms with Crippen molar-refractivity contribution in [3.63, 3.8) is 0 Å². The Labute approximate surface area is 128 Å². The van der Waals surface area contributed by atoms with E-state index in [1.54, 1.807) is 25.1 Å². The summed E-state index contributed by atoms with van der Waals surface area (Å²) in [5.41, 5.74) is 1.66. The number of benzene rings is 1. The molecule has 1 amide bonds. The van der Waals surface area contributed by atoms with E-state index >= 15 is 0 Å². The van der Waals surface area contributed by atoms with Crippen LogP contribution < -0.4 is 10.2 Å². The summed E-state index contributed by atoms with van der Waals surface area (Å²) in [4.78, 5) is 25.3. The Balaban J connectivity index is 1.84. The third kappa shape index (κ3) is 4.12. The van der Waals surface area contributed by atoms with Crippen molar-refractivity contribution in [2.75, 3.05) is 30.9 Å². The molecule has 1 heterocycles. The van der Waals surface area contributed by atoms with Crippen LogP contribution in [0.1, 0.15) is 16.3 Å². The summed E-state index contributed by atoms with van der Waals surface area (Å²) in [7, 11) is 3.87. The zero-order valence-electron chi connectivity index (χ0n) is 12.8. The van der Waals surface area contributed by atoms with Crippen LogP contribution in [0.25, 0.3) is 0 Å². The highest BCUT2D eigenvalue weighted by atomic mass is 16.5. The molecule has 22 heavy (non-hydrogen) atoms. The quantitative estimate of drug-likeness (QED) is 0.859. The van der Waals surface area contributed by atoms with Gasteiger partial charge in [-0.3, -0.25) is 4.79 Å². The van der Waals surface area contributed by atoms with Crippen molar-refractivity contribution in [1.29, 1.82) is 0 Å². The average Bonchev–Trinajstić information content (AvgIpc) is 2.92. The number of carbonyl (C=O) groups excluding carboxylic acids is 2. The maximum Gasteiger partial charge on any atom is 0.374 e. The predicted molar refractivity (Wildman–Crippen MR) is 83.1 cm³/mol. The molecule has 6 heteroatoms. The van der Waals surface area contributed by atoms with Gasteiger partial charge in [0.05, 0.1) is 0 Å². The molecule has 1 N–H and O–H groups in total. The summed E-state index contributed by atoms with van der Waals surface area (Å²) >= 11 is 0. The summed E-state index contributed by atoms with van der Waals surface area (Å²) in [5, 5.41) is 2.65. The molecule has 0 bridgehead atoms. The average molecular weight is 302 g/mol. The smallest absolute Gasteiger partial charge is 0.374 e. The van der Waals surface area contributed by atoms with E-state index < -0.39 is 11.9 Å². The number of rotatable bonds is 5. The molecule has 0 aliphatic heterocycles.